The van der Waals surface area contributed by atoms with Gasteiger partial charge in [-0.05, 0) is 30.2 Å². The van der Waals surface area contributed by atoms with E-state index in [1.165, 1.54) is 0 Å². The van der Waals surface area contributed by atoms with Gasteiger partial charge >= 0.3 is 0 Å². The molecular weight excluding hydrogens is 238 g/mol. The van der Waals surface area contributed by atoms with Gasteiger partial charge in [0.2, 0.25) is 0 Å². The summed E-state index contributed by atoms with van der Waals surface area (Å²) in [5.74, 6) is 0.715. The Morgan fingerprint density at radius 2 is 2.00 bits per heavy atom. The van der Waals surface area contributed by atoms with Gasteiger partial charge < -0.3 is 9.84 Å². The van der Waals surface area contributed by atoms with Gasteiger partial charge in [0, 0.05) is 5.56 Å². The molecule has 19 heavy (non-hydrogen) atoms. The fourth-order valence-electron chi connectivity index (χ4n) is 1.93. The Labute approximate surface area is 112 Å². The number of para-hydroxylation sites is 1. The quantitative estimate of drug-likeness (QED) is 0.911. The number of ether oxygens (including phenoxy) is 1. The van der Waals surface area contributed by atoms with Crippen molar-refractivity contribution in [2.24, 2.45) is 0 Å². The van der Waals surface area contributed by atoms with Crippen molar-refractivity contribution in [1.82, 2.24) is 0 Å². The van der Waals surface area contributed by atoms with Crippen LogP contribution in [-0.2, 0) is 13.2 Å². The summed E-state index contributed by atoms with van der Waals surface area (Å²) in [6.45, 7) is 2.28. The molecule has 0 atom stereocenters. The predicted octanol–water partition coefficient (Wildman–Crippen LogP) is 2.94. The van der Waals surface area contributed by atoms with Crippen LogP contribution < -0.4 is 4.74 Å². The summed E-state index contributed by atoms with van der Waals surface area (Å²) in [6.07, 6.45) is 0. The standard InChI is InChI=1S/C16H15NO2/c1-12-4-2-7-15(10-18)16(12)19-11-14-6-3-5-13(8-14)9-17/h2-8,18H,10-11H2,1H3. The van der Waals surface area contributed by atoms with E-state index < -0.39 is 0 Å². The van der Waals surface area contributed by atoms with Gasteiger partial charge in [0.1, 0.15) is 12.4 Å². The van der Waals surface area contributed by atoms with Crippen LogP contribution in [0, 0.1) is 18.3 Å². The average molecular weight is 253 g/mol. The Hall–Kier alpha value is -2.31. The van der Waals surface area contributed by atoms with Crippen molar-refractivity contribution >= 4 is 0 Å². The third kappa shape index (κ3) is 3.12. The lowest BCUT2D eigenvalue weighted by molar-refractivity contribution is 0.258. The minimum absolute atomic E-state index is 0.0464. The van der Waals surface area contributed by atoms with Crippen molar-refractivity contribution in [3.05, 3.63) is 64.7 Å². The topological polar surface area (TPSA) is 53.2 Å². The Balaban J connectivity index is 2.17. The molecule has 96 valence electrons. The smallest absolute Gasteiger partial charge is 0.128 e. The van der Waals surface area contributed by atoms with Gasteiger partial charge in [0.05, 0.1) is 18.2 Å². The van der Waals surface area contributed by atoms with Crippen LogP contribution in [-0.4, -0.2) is 5.11 Å². The molecule has 0 radical (unpaired) electrons. The molecule has 0 fully saturated rings. The highest BCUT2D eigenvalue weighted by Gasteiger charge is 2.06. The van der Waals surface area contributed by atoms with E-state index in [1.807, 2.05) is 37.3 Å². The summed E-state index contributed by atoms with van der Waals surface area (Å²) in [4.78, 5) is 0. The van der Waals surface area contributed by atoms with Crippen LogP contribution >= 0.6 is 0 Å². The summed E-state index contributed by atoms with van der Waals surface area (Å²) in [6, 6.07) is 15.1. The molecule has 0 unspecified atom stereocenters. The maximum Gasteiger partial charge on any atom is 0.128 e. The Morgan fingerprint density at radius 1 is 1.21 bits per heavy atom. The Morgan fingerprint density at radius 3 is 2.74 bits per heavy atom. The number of nitrogens with zero attached hydrogens (tertiary/aromatic N) is 1. The summed E-state index contributed by atoms with van der Waals surface area (Å²) in [7, 11) is 0. The average Bonchev–Trinajstić information content (AvgIpc) is 2.46. The lowest BCUT2D eigenvalue weighted by Crippen LogP contribution is -2.01. The molecule has 0 aliphatic carbocycles. The van der Waals surface area contributed by atoms with Crippen molar-refractivity contribution in [1.29, 1.82) is 5.26 Å². The van der Waals surface area contributed by atoms with E-state index in [2.05, 4.69) is 6.07 Å². The maximum absolute atomic E-state index is 9.30. The number of hydrogen-bond donors (Lipinski definition) is 1. The second-order valence-corrected chi connectivity index (χ2v) is 4.32. The summed E-state index contributed by atoms with van der Waals surface area (Å²) < 4.78 is 5.77. The summed E-state index contributed by atoms with van der Waals surface area (Å²) in [5.41, 5.74) is 3.32. The van der Waals surface area contributed by atoms with E-state index in [-0.39, 0.29) is 6.61 Å². The van der Waals surface area contributed by atoms with Crippen molar-refractivity contribution in [3.8, 4) is 11.8 Å². The fraction of sp³-hybridized carbons (Fsp3) is 0.188. The largest absolute Gasteiger partial charge is 0.488 e. The van der Waals surface area contributed by atoms with Crippen LogP contribution in [0.25, 0.3) is 0 Å². The highest BCUT2D eigenvalue weighted by molar-refractivity contribution is 5.40. The molecule has 0 aromatic heterocycles. The number of rotatable bonds is 4. The lowest BCUT2D eigenvalue weighted by atomic mass is 10.1. The van der Waals surface area contributed by atoms with Crippen molar-refractivity contribution < 1.29 is 9.84 Å². The van der Waals surface area contributed by atoms with Crippen LogP contribution in [0.3, 0.4) is 0 Å². The normalized spacial score (nSPS) is 9.95. The zero-order chi connectivity index (χ0) is 13.7. The van der Waals surface area contributed by atoms with Crippen LogP contribution in [0.4, 0.5) is 0 Å². The van der Waals surface area contributed by atoms with E-state index in [1.54, 1.807) is 12.1 Å². The van der Waals surface area contributed by atoms with Gasteiger partial charge in [-0.15, -0.1) is 0 Å². The Kier molecular flexibility index (Phi) is 4.17. The minimum Gasteiger partial charge on any atom is -0.488 e. The molecule has 0 aliphatic heterocycles. The SMILES string of the molecule is Cc1cccc(CO)c1OCc1cccc(C#N)c1. The maximum atomic E-state index is 9.30. The monoisotopic (exact) mass is 253 g/mol. The molecule has 1 N–H and O–H groups in total. The molecule has 0 spiro atoms. The molecule has 0 bridgehead atoms. The molecule has 0 heterocycles. The molecule has 3 nitrogen and oxygen atoms in total. The van der Waals surface area contributed by atoms with Crippen molar-refractivity contribution in [2.45, 2.75) is 20.1 Å². The first-order valence-corrected chi connectivity index (χ1v) is 6.06. The molecule has 0 amide bonds. The Bertz CT molecular complexity index is 614. The zero-order valence-corrected chi connectivity index (χ0v) is 10.8. The predicted molar refractivity (Wildman–Crippen MR) is 72.6 cm³/mol. The number of hydrogen-bond acceptors (Lipinski definition) is 3. The molecule has 0 saturated heterocycles. The van der Waals surface area contributed by atoms with Crippen LogP contribution in [0.15, 0.2) is 42.5 Å². The zero-order valence-electron chi connectivity index (χ0n) is 10.8. The van der Waals surface area contributed by atoms with E-state index >= 15 is 0 Å². The molecule has 3 heteroatoms. The third-order valence-electron chi connectivity index (χ3n) is 2.90. The number of aliphatic hydroxyl groups is 1. The molecule has 2 aromatic carbocycles. The van der Waals surface area contributed by atoms with E-state index in [9.17, 15) is 5.11 Å². The van der Waals surface area contributed by atoms with Gasteiger partial charge in [0.25, 0.3) is 0 Å². The lowest BCUT2D eigenvalue weighted by Gasteiger charge is -2.13. The number of aliphatic hydroxyl groups excluding tert-OH is 1. The van der Waals surface area contributed by atoms with E-state index in [4.69, 9.17) is 10.00 Å². The van der Waals surface area contributed by atoms with Gasteiger partial charge in [-0.25, -0.2) is 0 Å². The van der Waals surface area contributed by atoms with E-state index in [0.717, 1.165) is 16.7 Å². The fourth-order valence-corrected chi connectivity index (χ4v) is 1.93. The first kappa shape index (κ1) is 13.1. The van der Waals surface area contributed by atoms with Crippen LogP contribution in [0.2, 0.25) is 0 Å². The third-order valence-corrected chi connectivity index (χ3v) is 2.90. The van der Waals surface area contributed by atoms with Crippen LogP contribution in [0.1, 0.15) is 22.3 Å². The summed E-state index contributed by atoms with van der Waals surface area (Å²) in [5, 5.41) is 18.1. The number of nitriles is 1. The molecule has 0 saturated carbocycles. The number of benzene rings is 2. The first-order valence-electron chi connectivity index (χ1n) is 6.06. The van der Waals surface area contributed by atoms with Crippen LogP contribution in [0.5, 0.6) is 5.75 Å². The van der Waals surface area contributed by atoms with Gasteiger partial charge in [-0.1, -0.05) is 30.3 Å². The molecule has 0 aliphatic rings. The van der Waals surface area contributed by atoms with Gasteiger partial charge in [-0.2, -0.15) is 5.26 Å². The van der Waals surface area contributed by atoms with E-state index in [0.29, 0.717) is 17.9 Å². The molecule has 2 rings (SSSR count). The molecule has 2 aromatic rings. The van der Waals surface area contributed by atoms with Crippen molar-refractivity contribution in [3.63, 3.8) is 0 Å². The highest BCUT2D eigenvalue weighted by atomic mass is 16.5. The molecular formula is C16H15NO2. The second-order valence-electron chi connectivity index (χ2n) is 4.32. The van der Waals surface area contributed by atoms with Gasteiger partial charge in [0.15, 0.2) is 0 Å². The highest BCUT2D eigenvalue weighted by Crippen LogP contribution is 2.24. The van der Waals surface area contributed by atoms with Gasteiger partial charge in [-0.3, -0.25) is 0 Å². The first-order chi connectivity index (χ1) is 9.24. The minimum atomic E-state index is -0.0464. The second kappa shape index (κ2) is 6.03. The number of aryl methyl sites for hydroxylation is 1. The van der Waals surface area contributed by atoms with Crippen molar-refractivity contribution in [2.75, 3.05) is 0 Å². The summed E-state index contributed by atoms with van der Waals surface area (Å²) >= 11 is 0.